The Morgan fingerprint density at radius 3 is 1.83 bits per heavy atom. The average molecular weight is 615 g/mol. The van der Waals surface area contributed by atoms with Gasteiger partial charge in [-0.15, -0.1) is 0 Å². The Morgan fingerprint density at radius 1 is 0.354 bits per heavy atom. The molecule has 7 aromatic carbocycles. The predicted molar refractivity (Wildman–Crippen MR) is 196 cm³/mol. The fourth-order valence-electron chi connectivity index (χ4n) is 7.06. The van der Waals surface area contributed by atoms with Gasteiger partial charge in [0.1, 0.15) is 22.3 Å². The number of furan rings is 2. The molecule has 0 N–H and O–H groups in total. The van der Waals surface area contributed by atoms with Gasteiger partial charge in [-0.2, -0.15) is 0 Å². The second-order valence-corrected chi connectivity index (χ2v) is 12.1. The number of fused-ring (bicyclic) bond motifs is 8. The van der Waals surface area contributed by atoms with E-state index in [1.54, 1.807) is 0 Å². The molecule has 48 heavy (non-hydrogen) atoms. The summed E-state index contributed by atoms with van der Waals surface area (Å²) >= 11 is 0. The fraction of sp³-hybridized carbons (Fsp3) is 0. The summed E-state index contributed by atoms with van der Waals surface area (Å²) in [5.41, 5.74) is 10.4. The first-order valence-corrected chi connectivity index (χ1v) is 16.1. The van der Waals surface area contributed by atoms with Crippen LogP contribution in [-0.2, 0) is 0 Å². The largest absolute Gasteiger partial charge is 0.456 e. The minimum atomic E-state index is 0.654. The summed E-state index contributed by atoms with van der Waals surface area (Å²) < 4.78 is 12.7. The van der Waals surface area contributed by atoms with Crippen molar-refractivity contribution in [1.29, 1.82) is 0 Å². The van der Waals surface area contributed by atoms with E-state index in [2.05, 4.69) is 115 Å². The van der Waals surface area contributed by atoms with Gasteiger partial charge in [0.15, 0.2) is 5.82 Å². The van der Waals surface area contributed by atoms with Crippen LogP contribution in [0.25, 0.3) is 99.7 Å². The van der Waals surface area contributed by atoms with Crippen molar-refractivity contribution in [3.05, 3.63) is 158 Å². The number of aromatic nitrogens is 2. The molecule has 0 amide bonds. The van der Waals surface area contributed by atoms with E-state index in [4.69, 9.17) is 18.8 Å². The molecule has 0 saturated carbocycles. The SMILES string of the molecule is c1ccc(-c2cccc(-c3cc(-c4cccc5oc6ccccc6c45)nc(-c4cc5c6ccccc6oc5c5ccccc45)n3)c2)cc1. The topological polar surface area (TPSA) is 52.1 Å². The van der Waals surface area contributed by atoms with Crippen molar-refractivity contribution in [2.45, 2.75) is 0 Å². The van der Waals surface area contributed by atoms with Gasteiger partial charge in [0, 0.05) is 43.6 Å². The molecule has 3 aromatic heterocycles. The Labute approximate surface area is 275 Å². The highest BCUT2D eigenvalue weighted by atomic mass is 16.3. The Morgan fingerprint density at radius 2 is 0.979 bits per heavy atom. The van der Waals surface area contributed by atoms with Crippen molar-refractivity contribution in [3.63, 3.8) is 0 Å². The Balaban J connectivity index is 1.28. The lowest BCUT2D eigenvalue weighted by Gasteiger charge is -2.13. The van der Waals surface area contributed by atoms with Crippen LogP contribution < -0.4 is 0 Å². The van der Waals surface area contributed by atoms with Crippen LogP contribution in [0.3, 0.4) is 0 Å². The van der Waals surface area contributed by atoms with Gasteiger partial charge < -0.3 is 8.83 Å². The van der Waals surface area contributed by atoms with Crippen molar-refractivity contribution in [1.82, 2.24) is 9.97 Å². The maximum absolute atomic E-state index is 6.43. The molecule has 0 atom stereocenters. The van der Waals surface area contributed by atoms with E-state index in [1.165, 1.54) is 0 Å². The minimum Gasteiger partial charge on any atom is -0.456 e. The second kappa shape index (κ2) is 10.5. The molecule has 224 valence electrons. The molecule has 0 unspecified atom stereocenters. The summed E-state index contributed by atoms with van der Waals surface area (Å²) in [7, 11) is 0. The lowest BCUT2D eigenvalue weighted by Crippen LogP contribution is -1.97. The number of benzene rings is 7. The normalized spacial score (nSPS) is 11.8. The molecule has 0 aliphatic heterocycles. The quantitative estimate of drug-likeness (QED) is 0.198. The van der Waals surface area contributed by atoms with Gasteiger partial charge >= 0.3 is 0 Å². The van der Waals surface area contributed by atoms with Gasteiger partial charge in [0.25, 0.3) is 0 Å². The summed E-state index contributed by atoms with van der Waals surface area (Å²) in [6.45, 7) is 0. The Hall–Kier alpha value is -6.52. The van der Waals surface area contributed by atoms with Crippen LogP contribution in [0.1, 0.15) is 0 Å². The molecule has 4 heteroatoms. The number of para-hydroxylation sites is 2. The molecule has 3 heterocycles. The average Bonchev–Trinajstić information content (AvgIpc) is 3.73. The summed E-state index contributed by atoms with van der Waals surface area (Å²) in [6, 6.07) is 54.3. The van der Waals surface area contributed by atoms with Gasteiger partial charge in [-0.1, -0.05) is 121 Å². The highest BCUT2D eigenvalue weighted by molar-refractivity contribution is 6.19. The highest BCUT2D eigenvalue weighted by Gasteiger charge is 2.20. The zero-order valence-electron chi connectivity index (χ0n) is 25.7. The molecule has 0 fully saturated rings. The van der Waals surface area contributed by atoms with Crippen molar-refractivity contribution in [3.8, 4) is 45.0 Å². The summed E-state index contributed by atoms with van der Waals surface area (Å²) in [6.07, 6.45) is 0. The lowest BCUT2D eigenvalue weighted by atomic mass is 9.97. The third-order valence-electron chi connectivity index (χ3n) is 9.30. The van der Waals surface area contributed by atoms with Crippen molar-refractivity contribution in [2.24, 2.45) is 0 Å². The van der Waals surface area contributed by atoms with E-state index in [1.807, 2.05) is 42.5 Å². The number of hydrogen-bond donors (Lipinski definition) is 0. The zero-order chi connectivity index (χ0) is 31.6. The van der Waals surface area contributed by atoms with Crippen LogP contribution in [0.5, 0.6) is 0 Å². The molecule has 0 saturated heterocycles. The standard InChI is InChI=1S/C44H26N2O2/c1-2-12-27(13-3-1)28-14-10-15-29(24-28)37-26-38(33-20-11-23-41-42(33)34-19-7-9-22-40(34)47-41)46-44(45-37)36-25-35-31-17-6-8-21-39(31)48-43(35)32-18-5-4-16-30(32)36/h1-26H. The minimum absolute atomic E-state index is 0.654. The smallest absolute Gasteiger partial charge is 0.161 e. The highest BCUT2D eigenvalue weighted by Crippen LogP contribution is 2.41. The van der Waals surface area contributed by atoms with E-state index >= 15 is 0 Å². The zero-order valence-corrected chi connectivity index (χ0v) is 25.7. The van der Waals surface area contributed by atoms with Crippen molar-refractivity contribution < 1.29 is 8.83 Å². The third kappa shape index (κ3) is 4.16. The molecule has 0 aliphatic carbocycles. The summed E-state index contributed by atoms with van der Waals surface area (Å²) in [4.78, 5) is 10.7. The maximum atomic E-state index is 6.43. The first kappa shape index (κ1) is 26.7. The Bertz CT molecular complexity index is 2850. The molecule has 10 rings (SSSR count). The summed E-state index contributed by atoms with van der Waals surface area (Å²) in [5, 5.41) is 6.29. The van der Waals surface area contributed by atoms with Crippen LogP contribution in [0, 0.1) is 0 Å². The molecule has 0 bridgehead atoms. The van der Waals surface area contributed by atoms with E-state index in [-0.39, 0.29) is 0 Å². The number of nitrogens with zero attached hydrogens (tertiary/aromatic N) is 2. The van der Waals surface area contributed by atoms with Crippen molar-refractivity contribution >= 4 is 54.6 Å². The molecule has 0 radical (unpaired) electrons. The van der Waals surface area contributed by atoms with Crippen LogP contribution in [0.4, 0.5) is 0 Å². The molecule has 10 aromatic rings. The predicted octanol–water partition coefficient (Wildman–Crippen LogP) is 12.1. The van der Waals surface area contributed by atoms with Crippen LogP contribution >= 0.6 is 0 Å². The second-order valence-electron chi connectivity index (χ2n) is 12.1. The molecular formula is C44H26N2O2. The van der Waals surface area contributed by atoms with Gasteiger partial charge in [0.05, 0.1) is 11.4 Å². The molecule has 4 nitrogen and oxygen atoms in total. The van der Waals surface area contributed by atoms with E-state index in [0.29, 0.717) is 5.82 Å². The first-order valence-electron chi connectivity index (χ1n) is 16.1. The lowest BCUT2D eigenvalue weighted by molar-refractivity contribution is 0.669. The van der Waals surface area contributed by atoms with Crippen molar-refractivity contribution in [2.75, 3.05) is 0 Å². The van der Waals surface area contributed by atoms with Gasteiger partial charge in [0.2, 0.25) is 0 Å². The fourth-order valence-corrected chi connectivity index (χ4v) is 7.06. The van der Waals surface area contributed by atoms with E-state index in [0.717, 1.165) is 93.9 Å². The van der Waals surface area contributed by atoms with Crippen LogP contribution in [0.2, 0.25) is 0 Å². The third-order valence-corrected chi connectivity index (χ3v) is 9.30. The molecule has 0 spiro atoms. The number of hydrogen-bond acceptors (Lipinski definition) is 4. The van der Waals surface area contributed by atoms with Crippen LogP contribution in [-0.4, -0.2) is 9.97 Å². The number of rotatable bonds is 4. The molecular weight excluding hydrogens is 588 g/mol. The van der Waals surface area contributed by atoms with Gasteiger partial charge in [-0.05, 0) is 52.9 Å². The summed E-state index contributed by atoms with van der Waals surface area (Å²) in [5.74, 6) is 0.654. The van der Waals surface area contributed by atoms with E-state index in [9.17, 15) is 0 Å². The maximum Gasteiger partial charge on any atom is 0.161 e. The molecule has 0 aliphatic rings. The van der Waals surface area contributed by atoms with E-state index < -0.39 is 0 Å². The van der Waals surface area contributed by atoms with Gasteiger partial charge in [-0.25, -0.2) is 9.97 Å². The Kier molecular flexibility index (Phi) is 5.84. The van der Waals surface area contributed by atoms with Gasteiger partial charge in [-0.3, -0.25) is 0 Å². The van der Waals surface area contributed by atoms with Crippen LogP contribution in [0.15, 0.2) is 167 Å². The monoisotopic (exact) mass is 614 g/mol. The first-order chi connectivity index (χ1) is 23.8.